The molecule has 2 aromatic carbocycles. The predicted octanol–water partition coefficient (Wildman–Crippen LogP) is 15.4. The molecule has 0 heterocycles. The monoisotopic (exact) mass is 913 g/mol. The van der Waals surface area contributed by atoms with Gasteiger partial charge < -0.3 is 0 Å². The third kappa shape index (κ3) is 10.4. The molecule has 0 bridgehead atoms. The smallest absolute Gasteiger partial charge is 0.0784 e. The van der Waals surface area contributed by atoms with Gasteiger partial charge in [-0.3, -0.25) is 0 Å². The zero-order valence-corrected chi connectivity index (χ0v) is 32.2. The molecule has 0 aromatic heterocycles. The Morgan fingerprint density at radius 3 is 0.632 bits per heavy atom. The van der Waals surface area contributed by atoms with E-state index in [-0.39, 0.29) is 43.2 Å². The molecule has 0 saturated heterocycles. The minimum absolute atomic E-state index is 0.00562. The van der Waals surface area contributed by atoms with Gasteiger partial charge in [0, 0.05) is 43.2 Å². The average molecular weight is 923 g/mol. The molecule has 0 nitrogen and oxygen atoms in total. The van der Waals surface area contributed by atoms with E-state index in [4.69, 9.17) is 209 Å². The lowest BCUT2D eigenvalue weighted by Crippen LogP contribution is -2.15. The van der Waals surface area contributed by atoms with Crippen LogP contribution in [0.25, 0.3) is 0 Å². The van der Waals surface area contributed by atoms with Crippen molar-refractivity contribution in [3.63, 3.8) is 0 Å². The normalized spacial score (nSPS) is 14.3. The van der Waals surface area contributed by atoms with E-state index in [1.54, 1.807) is 0 Å². The molecule has 2 aromatic rings. The van der Waals surface area contributed by atoms with Crippen LogP contribution in [0.2, 0.25) is 0 Å². The molecular weight excluding hydrogens is 918 g/mol. The van der Waals surface area contributed by atoms with Gasteiger partial charge in [-0.15, -0.1) is 0 Å². The summed E-state index contributed by atoms with van der Waals surface area (Å²) in [5.41, 5.74) is 0.0803. The molecule has 0 aliphatic heterocycles. The van der Waals surface area contributed by atoms with E-state index in [0.29, 0.717) is 0 Å². The summed E-state index contributed by atoms with van der Waals surface area (Å²) in [6.45, 7) is 0. The number of hydrogen-bond donors (Lipinski definition) is 0. The average Bonchev–Trinajstić information content (AvgIpc) is 2.66. The minimum Gasteiger partial charge on any atom is -0.0784 e. The Kier molecular flexibility index (Phi) is 13.8. The standard InChI is InChI=1S/C18H4Cl18S2/c19-13(20,21)5-1-7(15(25,26)27)11(8(2-5)16(28,29)30)37-38-12-9(17(31,32)33)3-6(14(22,23)24)4-10(12)18(34,35)36/h1-4H. The van der Waals surface area contributed by atoms with Crippen molar-refractivity contribution in [1.29, 1.82) is 0 Å². The molecule has 0 spiro atoms. The van der Waals surface area contributed by atoms with E-state index in [9.17, 15) is 0 Å². The van der Waals surface area contributed by atoms with Crippen LogP contribution in [-0.2, 0) is 22.8 Å². The molecule has 0 radical (unpaired) electrons. The zero-order valence-electron chi connectivity index (χ0n) is 16.9. The minimum atomic E-state index is -2.09. The number of alkyl halides is 18. The number of halogens is 18. The van der Waals surface area contributed by atoms with Crippen molar-refractivity contribution in [2.75, 3.05) is 0 Å². The molecule has 214 valence electrons. The Bertz CT molecular complexity index is 1010. The lowest BCUT2D eigenvalue weighted by atomic mass is 10.1. The van der Waals surface area contributed by atoms with Crippen molar-refractivity contribution in [2.45, 2.75) is 32.5 Å². The molecule has 0 saturated carbocycles. The molecule has 0 fully saturated rings. The second-order valence-electron chi connectivity index (χ2n) is 6.95. The Morgan fingerprint density at radius 2 is 0.500 bits per heavy atom. The van der Waals surface area contributed by atoms with Crippen LogP contribution < -0.4 is 0 Å². The maximum atomic E-state index is 6.25. The molecule has 0 aliphatic carbocycles. The van der Waals surface area contributed by atoms with Crippen LogP contribution in [0.5, 0.6) is 0 Å². The highest BCUT2D eigenvalue weighted by Gasteiger charge is 2.40. The Balaban J connectivity index is 2.90. The van der Waals surface area contributed by atoms with E-state index in [1.165, 1.54) is 24.3 Å². The highest BCUT2D eigenvalue weighted by Crippen LogP contribution is 2.59. The molecule has 20 heteroatoms. The molecule has 0 atom stereocenters. The number of benzene rings is 2. The van der Waals surface area contributed by atoms with Crippen molar-refractivity contribution in [3.8, 4) is 0 Å². The van der Waals surface area contributed by atoms with E-state index in [0.717, 1.165) is 21.6 Å². The summed E-state index contributed by atoms with van der Waals surface area (Å²) in [4.78, 5) is 0.285. The van der Waals surface area contributed by atoms with E-state index < -0.39 is 22.8 Å². The first kappa shape index (κ1) is 38.5. The summed E-state index contributed by atoms with van der Waals surface area (Å²) in [5, 5.41) is 0. The fourth-order valence-electron chi connectivity index (χ4n) is 2.69. The summed E-state index contributed by atoms with van der Waals surface area (Å²) in [6, 6.07) is 5.28. The van der Waals surface area contributed by atoms with Crippen molar-refractivity contribution in [1.82, 2.24) is 0 Å². The quantitative estimate of drug-likeness (QED) is 0.222. The first-order valence-corrected chi connectivity index (χ1v) is 17.7. The van der Waals surface area contributed by atoms with Gasteiger partial charge in [0.15, 0.2) is 0 Å². The fourth-order valence-corrected chi connectivity index (χ4v) is 8.76. The van der Waals surface area contributed by atoms with E-state index in [1.807, 2.05) is 0 Å². The molecule has 0 amide bonds. The third-order valence-corrected chi connectivity index (χ3v) is 10.6. The second kappa shape index (κ2) is 13.6. The topological polar surface area (TPSA) is 0 Å². The molecule has 2 rings (SSSR count). The molecule has 38 heavy (non-hydrogen) atoms. The molecular formula is C18H4Cl18S2. The van der Waals surface area contributed by atoms with Gasteiger partial charge in [-0.2, -0.15) is 0 Å². The highest BCUT2D eigenvalue weighted by molar-refractivity contribution is 8.76. The summed E-state index contributed by atoms with van der Waals surface area (Å²) in [7, 11) is 1.81. The van der Waals surface area contributed by atoms with Gasteiger partial charge in [0.05, 0.1) is 0 Å². The summed E-state index contributed by atoms with van der Waals surface area (Å²) < 4.78 is -12.3. The van der Waals surface area contributed by atoms with Crippen LogP contribution in [0, 0.1) is 0 Å². The van der Waals surface area contributed by atoms with Crippen LogP contribution in [0.4, 0.5) is 0 Å². The third-order valence-electron chi connectivity index (χ3n) is 4.26. The maximum absolute atomic E-state index is 6.25. The van der Waals surface area contributed by atoms with Gasteiger partial charge in [0.25, 0.3) is 0 Å². The fraction of sp³-hybridized carbons (Fsp3) is 0.333. The first-order chi connectivity index (χ1) is 16.6. The van der Waals surface area contributed by atoms with Crippen molar-refractivity contribution in [3.05, 3.63) is 57.6 Å². The van der Waals surface area contributed by atoms with Crippen LogP contribution in [0.1, 0.15) is 33.4 Å². The van der Waals surface area contributed by atoms with Gasteiger partial charge in [-0.25, -0.2) is 0 Å². The van der Waals surface area contributed by atoms with Crippen molar-refractivity contribution in [2.24, 2.45) is 0 Å². The largest absolute Gasteiger partial charge is 0.217 e. The summed E-state index contributed by atoms with van der Waals surface area (Å²) >= 11 is 111. The predicted molar refractivity (Wildman–Crippen MR) is 180 cm³/mol. The summed E-state index contributed by atoms with van der Waals surface area (Å²) in [5.74, 6) is 0. The number of rotatable bonds is 3. The summed E-state index contributed by atoms with van der Waals surface area (Å²) in [6.07, 6.45) is 0. The van der Waals surface area contributed by atoms with Crippen molar-refractivity contribution < 1.29 is 0 Å². The molecule has 0 N–H and O–H groups in total. The molecule has 0 unspecified atom stereocenters. The highest BCUT2D eigenvalue weighted by atomic mass is 35.6. The van der Waals surface area contributed by atoms with Crippen LogP contribution in [0.15, 0.2) is 34.1 Å². The zero-order chi connectivity index (χ0) is 29.9. The van der Waals surface area contributed by atoms with Gasteiger partial charge >= 0.3 is 0 Å². The van der Waals surface area contributed by atoms with E-state index >= 15 is 0 Å². The van der Waals surface area contributed by atoms with Gasteiger partial charge in [-0.1, -0.05) is 230 Å². The molecule has 0 aliphatic rings. The Hall–Kier alpha value is 4.36. The van der Waals surface area contributed by atoms with E-state index in [2.05, 4.69) is 0 Å². The van der Waals surface area contributed by atoms with Crippen LogP contribution in [-0.4, -0.2) is 0 Å². The Labute approximate surface area is 316 Å². The van der Waals surface area contributed by atoms with Gasteiger partial charge in [0.2, 0.25) is 22.8 Å². The van der Waals surface area contributed by atoms with Crippen LogP contribution >= 0.6 is 230 Å². The van der Waals surface area contributed by atoms with Crippen molar-refractivity contribution >= 4 is 230 Å². The van der Waals surface area contributed by atoms with Crippen LogP contribution in [0.3, 0.4) is 0 Å². The lowest BCUT2D eigenvalue weighted by Gasteiger charge is -2.28. The van der Waals surface area contributed by atoms with Gasteiger partial charge in [0.1, 0.15) is 0 Å². The Morgan fingerprint density at radius 1 is 0.316 bits per heavy atom. The maximum Gasteiger partial charge on any atom is 0.217 e. The first-order valence-electron chi connectivity index (χ1n) is 8.79. The SMILES string of the molecule is ClC(Cl)(Cl)c1cc(C(Cl)(Cl)Cl)c(SSc2c(C(Cl)(Cl)Cl)cc(C(Cl)(Cl)Cl)cc2C(Cl)(Cl)Cl)c(C(Cl)(Cl)Cl)c1. The number of hydrogen-bond acceptors (Lipinski definition) is 2. The second-order valence-corrected chi connectivity index (χ2v) is 22.8. The van der Waals surface area contributed by atoms with Gasteiger partial charge in [-0.05, 0) is 24.3 Å². The lowest BCUT2D eigenvalue weighted by molar-refractivity contribution is 1.03.